The second-order valence-corrected chi connectivity index (χ2v) is 6.12. The first-order chi connectivity index (χ1) is 11.9. The van der Waals surface area contributed by atoms with Gasteiger partial charge in [0.15, 0.2) is 5.82 Å². The molecule has 24 heavy (non-hydrogen) atoms. The van der Waals surface area contributed by atoms with Crippen LogP contribution in [-0.2, 0) is 11.2 Å². The minimum Gasteiger partial charge on any atom is -0.383 e. The Hall–Kier alpha value is -1.83. The van der Waals surface area contributed by atoms with Crippen molar-refractivity contribution in [2.75, 3.05) is 53.0 Å². The maximum absolute atomic E-state index is 5.15. The number of aryl methyl sites for hydroxylation is 1. The number of para-hydroxylation sites is 1. The van der Waals surface area contributed by atoms with Crippen molar-refractivity contribution in [2.24, 2.45) is 0 Å². The van der Waals surface area contributed by atoms with E-state index in [0.717, 1.165) is 70.2 Å². The first-order valence-electron chi connectivity index (χ1n) is 8.63. The summed E-state index contributed by atoms with van der Waals surface area (Å²) in [4.78, 5) is 5.00. The molecule has 0 atom stereocenters. The summed E-state index contributed by atoms with van der Waals surface area (Å²) >= 11 is 0. The highest BCUT2D eigenvalue weighted by atomic mass is 16.5. The smallest absolute Gasteiger partial charge is 0.156 e. The Morgan fingerprint density at radius 3 is 2.42 bits per heavy atom. The molecule has 0 spiro atoms. The second kappa shape index (κ2) is 8.86. The maximum atomic E-state index is 5.15. The van der Waals surface area contributed by atoms with Crippen molar-refractivity contribution < 1.29 is 4.74 Å². The molecular formula is C17H26N6O. The van der Waals surface area contributed by atoms with Crippen LogP contribution >= 0.6 is 0 Å². The molecule has 0 bridgehead atoms. The van der Waals surface area contributed by atoms with Gasteiger partial charge in [-0.15, -0.1) is 5.10 Å². The summed E-state index contributed by atoms with van der Waals surface area (Å²) in [7, 11) is 1.76. The maximum Gasteiger partial charge on any atom is 0.156 e. The monoisotopic (exact) mass is 330 g/mol. The Morgan fingerprint density at radius 1 is 1.00 bits per heavy atom. The van der Waals surface area contributed by atoms with Crippen LogP contribution in [0.5, 0.6) is 0 Å². The molecule has 1 fully saturated rings. The molecular weight excluding hydrogens is 304 g/mol. The predicted molar refractivity (Wildman–Crippen MR) is 92.2 cm³/mol. The lowest BCUT2D eigenvalue weighted by Crippen LogP contribution is -2.47. The average molecular weight is 330 g/mol. The lowest BCUT2D eigenvalue weighted by Gasteiger charge is -2.34. The fourth-order valence-corrected chi connectivity index (χ4v) is 3.05. The third-order valence-electron chi connectivity index (χ3n) is 4.49. The topological polar surface area (TPSA) is 59.3 Å². The molecule has 7 heteroatoms. The summed E-state index contributed by atoms with van der Waals surface area (Å²) < 4.78 is 6.98. The van der Waals surface area contributed by atoms with Gasteiger partial charge in [0, 0.05) is 46.3 Å². The van der Waals surface area contributed by atoms with Crippen molar-refractivity contribution in [1.82, 2.24) is 30.0 Å². The molecule has 0 unspecified atom stereocenters. The first kappa shape index (κ1) is 17.0. The lowest BCUT2D eigenvalue weighted by atomic mass is 10.2. The van der Waals surface area contributed by atoms with Gasteiger partial charge in [0.2, 0.25) is 0 Å². The summed E-state index contributed by atoms with van der Waals surface area (Å²) in [5.74, 6) is 0.930. The van der Waals surface area contributed by atoms with Crippen LogP contribution in [0, 0.1) is 0 Å². The van der Waals surface area contributed by atoms with Gasteiger partial charge in [-0.05, 0) is 35.5 Å². The highest BCUT2D eigenvalue weighted by Gasteiger charge is 2.16. The predicted octanol–water partition coefficient (Wildman–Crippen LogP) is 0.859. The van der Waals surface area contributed by atoms with Gasteiger partial charge in [-0.25, -0.2) is 0 Å². The molecule has 1 aliphatic heterocycles. The number of nitrogens with zero attached hydrogens (tertiary/aromatic N) is 6. The molecule has 1 aromatic carbocycles. The third-order valence-corrected chi connectivity index (χ3v) is 4.49. The molecule has 1 aromatic heterocycles. The van der Waals surface area contributed by atoms with E-state index in [2.05, 4.69) is 25.3 Å². The van der Waals surface area contributed by atoms with Crippen molar-refractivity contribution in [3.8, 4) is 5.69 Å². The zero-order chi connectivity index (χ0) is 16.6. The molecule has 0 N–H and O–H groups in total. The Balaban J connectivity index is 1.43. The van der Waals surface area contributed by atoms with Gasteiger partial charge in [-0.3, -0.25) is 4.90 Å². The Morgan fingerprint density at radius 2 is 1.71 bits per heavy atom. The Bertz CT molecular complexity index is 594. The molecule has 0 amide bonds. The van der Waals surface area contributed by atoms with E-state index in [1.54, 1.807) is 7.11 Å². The fraction of sp³-hybridized carbons (Fsp3) is 0.588. The Labute approximate surface area is 143 Å². The van der Waals surface area contributed by atoms with Crippen LogP contribution in [0.15, 0.2) is 30.3 Å². The number of hydrogen-bond acceptors (Lipinski definition) is 6. The van der Waals surface area contributed by atoms with Gasteiger partial charge in [0.05, 0.1) is 12.3 Å². The van der Waals surface area contributed by atoms with Crippen LogP contribution in [0.4, 0.5) is 0 Å². The molecule has 2 heterocycles. The zero-order valence-corrected chi connectivity index (χ0v) is 14.3. The summed E-state index contributed by atoms with van der Waals surface area (Å²) in [6.45, 7) is 7.48. The molecule has 3 rings (SSSR count). The normalized spacial score (nSPS) is 16.5. The van der Waals surface area contributed by atoms with Crippen LogP contribution in [0.2, 0.25) is 0 Å². The number of methoxy groups -OCH3 is 1. The van der Waals surface area contributed by atoms with Gasteiger partial charge in [0.25, 0.3) is 0 Å². The van der Waals surface area contributed by atoms with Crippen molar-refractivity contribution in [2.45, 2.75) is 12.8 Å². The van der Waals surface area contributed by atoms with E-state index in [4.69, 9.17) is 4.74 Å². The minimum absolute atomic E-state index is 0.822. The van der Waals surface area contributed by atoms with Crippen LogP contribution in [-0.4, -0.2) is 83.0 Å². The summed E-state index contributed by atoms with van der Waals surface area (Å²) in [5.41, 5.74) is 1.02. The molecule has 0 aliphatic carbocycles. The highest BCUT2D eigenvalue weighted by Crippen LogP contribution is 2.09. The van der Waals surface area contributed by atoms with Crippen molar-refractivity contribution in [3.05, 3.63) is 36.2 Å². The van der Waals surface area contributed by atoms with E-state index in [1.165, 1.54) is 0 Å². The van der Waals surface area contributed by atoms with Gasteiger partial charge >= 0.3 is 0 Å². The van der Waals surface area contributed by atoms with Crippen molar-refractivity contribution in [1.29, 1.82) is 0 Å². The SMILES string of the molecule is COCCN1CCN(CCCc2nnnn2-c2ccccc2)CC1. The first-order valence-corrected chi connectivity index (χ1v) is 8.63. The zero-order valence-electron chi connectivity index (χ0n) is 14.3. The van der Waals surface area contributed by atoms with Gasteiger partial charge in [-0.1, -0.05) is 18.2 Å². The summed E-state index contributed by atoms with van der Waals surface area (Å²) in [6.07, 6.45) is 1.97. The second-order valence-electron chi connectivity index (χ2n) is 6.12. The van der Waals surface area contributed by atoms with E-state index in [0.29, 0.717) is 0 Å². The Kier molecular flexibility index (Phi) is 6.28. The number of benzene rings is 1. The lowest BCUT2D eigenvalue weighted by molar-refractivity contribution is 0.0964. The van der Waals surface area contributed by atoms with Gasteiger partial charge in [-0.2, -0.15) is 4.68 Å². The van der Waals surface area contributed by atoms with Gasteiger partial charge in [0.1, 0.15) is 0 Å². The van der Waals surface area contributed by atoms with E-state index >= 15 is 0 Å². The molecule has 2 aromatic rings. The van der Waals surface area contributed by atoms with E-state index in [1.807, 2.05) is 35.0 Å². The van der Waals surface area contributed by atoms with E-state index < -0.39 is 0 Å². The highest BCUT2D eigenvalue weighted by molar-refractivity contribution is 5.30. The molecule has 1 saturated heterocycles. The van der Waals surface area contributed by atoms with Crippen LogP contribution in [0.25, 0.3) is 5.69 Å². The average Bonchev–Trinajstić information content (AvgIpc) is 3.10. The number of ether oxygens (including phenoxy) is 1. The van der Waals surface area contributed by atoms with Crippen LogP contribution in [0.1, 0.15) is 12.2 Å². The van der Waals surface area contributed by atoms with E-state index in [-0.39, 0.29) is 0 Å². The third kappa shape index (κ3) is 4.59. The van der Waals surface area contributed by atoms with Crippen LogP contribution in [0.3, 0.4) is 0 Å². The summed E-state index contributed by atoms with van der Waals surface area (Å²) in [6, 6.07) is 10.1. The quantitative estimate of drug-likeness (QED) is 0.715. The van der Waals surface area contributed by atoms with Crippen molar-refractivity contribution >= 4 is 0 Å². The molecule has 130 valence electrons. The standard InChI is InChI=1S/C17H26N6O/c1-24-15-14-22-12-10-21(11-13-22)9-5-8-17-18-19-20-23(17)16-6-3-2-4-7-16/h2-4,6-7H,5,8-15H2,1H3. The van der Waals surface area contributed by atoms with Gasteiger partial charge < -0.3 is 9.64 Å². The molecule has 0 saturated carbocycles. The fourth-order valence-electron chi connectivity index (χ4n) is 3.05. The number of rotatable bonds is 8. The number of piperazine rings is 1. The number of tetrazole rings is 1. The van der Waals surface area contributed by atoms with Crippen molar-refractivity contribution in [3.63, 3.8) is 0 Å². The molecule has 1 aliphatic rings. The summed E-state index contributed by atoms with van der Waals surface area (Å²) in [5, 5.41) is 12.1. The largest absolute Gasteiger partial charge is 0.383 e. The van der Waals surface area contributed by atoms with E-state index in [9.17, 15) is 0 Å². The number of hydrogen-bond donors (Lipinski definition) is 0. The minimum atomic E-state index is 0.822. The van der Waals surface area contributed by atoms with Crippen LogP contribution < -0.4 is 0 Å². The number of aromatic nitrogens is 4. The molecule has 7 nitrogen and oxygen atoms in total. The molecule has 0 radical (unpaired) electrons.